The molecule has 1 N–H and O–H groups in total. The van der Waals surface area contributed by atoms with Crippen molar-refractivity contribution >= 4 is 16.9 Å². The van der Waals surface area contributed by atoms with Crippen molar-refractivity contribution in [2.24, 2.45) is 0 Å². The summed E-state index contributed by atoms with van der Waals surface area (Å²) in [6, 6.07) is 20.2. The predicted molar refractivity (Wildman–Crippen MR) is 122 cm³/mol. The Morgan fingerprint density at radius 1 is 1.03 bits per heavy atom. The third kappa shape index (κ3) is 4.45. The molecule has 0 atom stereocenters. The number of aromatic nitrogens is 2. The van der Waals surface area contributed by atoms with Gasteiger partial charge in [0, 0.05) is 41.0 Å². The number of benzene rings is 2. The molecule has 5 nitrogen and oxygen atoms in total. The minimum absolute atomic E-state index is 0.317. The number of nitrogens with one attached hydrogen (secondary N) is 1. The molecule has 4 rings (SSSR count). The van der Waals surface area contributed by atoms with Gasteiger partial charge in [-0.1, -0.05) is 30.3 Å². The van der Waals surface area contributed by atoms with Crippen LogP contribution >= 0.6 is 0 Å². The highest BCUT2D eigenvalue weighted by atomic mass is 16.6. The van der Waals surface area contributed by atoms with Crippen LogP contribution < -0.4 is 4.74 Å². The topological polar surface area (TPSA) is 64.2 Å². The van der Waals surface area contributed by atoms with Crippen molar-refractivity contribution in [3.63, 3.8) is 0 Å². The molecule has 0 spiro atoms. The fourth-order valence-electron chi connectivity index (χ4n) is 3.71. The predicted octanol–water partition coefficient (Wildman–Crippen LogP) is 5.54. The van der Waals surface area contributed by atoms with E-state index in [4.69, 9.17) is 9.47 Å². The molecular formula is C26H26N2O3. The first-order chi connectivity index (χ1) is 15.0. The SMILES string of the molecule is CCOC(=O)C(C)(C)Oc1ccc2[nH]c(Cc3ccccc3)c(-c3ccncc3)c2c1. The number of fused-ring (bicyclic) bond motifs is 1. The second kappa shape index (κ2) is 8.64. The van der Waals surface area contributed by atoms with Crippen LogP contribution in [0.4, 0.5) is 0 Å². The Balaban J connectivity index is 1.78. The Hall–Kier alpha value is -3.60. The zero-order chi connectivity index (χ0) is 21.8. The van der Waals surface area contributed by atoms with Gasteiger partial charge in [-0.05, 0) is 62.2 Å². The molecule has 2 heterocycles. The Labute approximate surface area is 182 Å². The summed E-state index contributed by atoms with van der Waals surface area (Å²) in [6.07, 6.45) is 4.37. The maximum absolute atomic E-state index is 12.3. The highest BCUT2D eigenvalue weighted by molar-refractivity contribution is 5.98. The number of pyridine rings is 1. The number of carbonyl (C=O) groups excluding carboxylic acids is 1. The Bertz CT molecular complexity index is 1180. The summed E-state index contributed by atoms with van der Waals surface area (Å²) >= 11 is 0. The lowest BCUT2D eigenvalue weighted by molar-refractivity contribution is -0.158. The lowest BCUT2D eigenvalue weighted by Gasteiger charge is -2.24. The number of nitrogens with zero attached hydrogens (tertiary/aromatic N) is 1. The number of H-pyrrole nitrogens is 1. The van der Waals surface area contributed by atoms with E-state index in [-0.39, 0.29) is 5.97 Å². The molecule has 31 heavy (non-hydrogen) atoms. The van der Waals surface area contributed by atoms with Crippen LogP contribution in [0.15, 0.2) is 73.1 Å². The fourth-order valence-corrected chi connectivity index (χ4v) is 3.71. The van der Waals surface area contributed by atoms with Crippen LogP contribution in [0.1, 0.15) is 32.0 Å². The molecule has 0 amide bonds. The molecule has 2 aromatic carbocycles. The normalized spacial score (nSPS) is 11.5. The van der Waals surface area contributed by atoms with Crippen molar-refractivity contribution in [2.45, 2.75) is 32.8 Å². The molecule has 0 saturated heterocycles. The molecule has 0 fully saturated rings. The van der Waals surface area contributed by atoms with Crippen molar-refractivity contribution in [2.75, 3.05) is 6.61 Å². The van der Waals surface area contributed by atoms with Gasteiger partial charge >= 0.3 is 5.97 Å². The third-order valence-corrected chi connectivity index (χ3v) is 5.18. The zero-order valence-corrected chi connectivity index (χ0v) is 18.0. The van der Waals surface area contributed by atoms with Gasteiger partial charge < -0.3 is 14.5 Å². The first kappa shape index (κ1) is 20.7. The minimum atomic E-state index is -1.08. The molecule has 0 unspecified atom stereocenters. The van der Waals surface area contributed by atoms with Crippen molar-refractivity contribution in [3.05, 3.63) is 84.3 Å². The fraction of sp³-hybridized carbons (Fsp3) is 0.231. The lowest BCUT2D eigenvalue weighted by Crippen LogP contribution is -2.39. The van der Waals surface area contributed by atoms with Gasteiger partial charge in [0.05, 0.1) is 6.61 Å². The van der Waals surface area contributed by atoms with Gasteiger partial charge in [-0.3, -0.25) is 4.98 Å². The molecule has 0 aliphatic rings. The van der Waals surface area contributed by atoms with E-state index in [9.17, 15) is 4.79 Å². The Morgan fingerprint density at radius 3 is 2.48 bits per heavy atom. The summed E-state index contributed by atoms with van der Waals surface area (Å²) in [4.78, 5) is 20.0. The lowest BCUT2D eigenvalue weighted by atomic mass is 9.99. The third-order valence-electron chi connectivity index (χ3n) is 5.18. The van der Waals surface area contributed by atoms with Crippen LogP contribution in [-0.4, -0.2) is 28.1 Å². The monoisotopic (exact) mass is 414 g/mol. The Morgan fingerprint density at radius 2 is 1.77 bits per heavy atom. The average Bonchev–Trinajstić information content (AvgIpc) is 3.12. The minimum Gasteiger partial charge on any atom is -0.476 e. The standard InChI is InChI=1S/C26H26N2O3/c1-4-30-25(29)26(2,3)31-20-10-11-22-21(17-20)24(19-12-14-27-15-13-19)23(28-22)16-18-8-6-5-7-9-18/h5-15,17,28H,4,16H2,1-3H3. The summed E-state index contributed by atoms with van der Waals surface area (Å²) in [5, 5.41) is 1.04. The van der Waals surface area contributed by atoms with Crippen LogP contribution in [0, 0.1) is 0 Å². The molecule has 0 bridgehead atoms. The summed E-state index contributed by atoms with van der Waals surface area (Å²) in [6.45, 7) is 5.54. The number of aromatic amines is 1. The van der Waals surface area contributed by atoms with Gasteiger partial charge in [0.1, 0.15) is 5.75 Å². The molecule has 0 aliphatic heterocycles. The van der Waals surface area contributed by atoms with Crippen molar-refractivity contribution < 1.29 is 14.3 Å². The first-order valence-electron chi connectivity index (χ1n) is 10.4. The van der Waals surface area contributed by atoms with E-state index < -0.39 is 5.60 Å². The summed E-state index contributed by atoms with van der Waals surface area (Å²) < 4.78 is 11.2. The van der Waals surface area contributed by atoms with Gasteiger partial charge in [0.25, 0.3) is 0 Å². The van der Waals surface area contributed by atoms with Crippen LogP contribution in [0.25, 0.3) is 22.0 Å². The summed E-state index contributed by atoms with van der Waals surface area (Å²) in [5.74, 6) is 0.231. The smallest absolute Gasteiger partial charge is 0.349 e. The van der Waals surface area contributed by atoms with Crippen LogP contribution in [-0.2, 0) is 16.0 Å². The van der Waals surface area contributed by atoms with Gasteiger partial charge in [0.15, 0.2) is 5.60 Å². The maximum atomic E-state index is 12.3. The van der Waals surface area contributed by atoms with Gasteiger partial charge in [0.2, 0.25) is 0 Å². The van der Waals surface area contributed by atoms with Crippen LogP contribution in [0.5, 0.6) is 5.75 Å². The van der Waals surface area contributed by atoms with Crippen molar-refractivity contribution in [1.29, 1.82) is 0 Å². The number of hydrogen-bond donors (Lipinski definition) is 1. The second-order valence-electron chi connectivity index (χ2n) is 7.92. The van der Waals surface area contributed by atoms with Gasteiger partial charge in [-0.25, -0.2) is 4.79 Å². The molecule has 4 aromatic rings. The second-order valence-corrected chi connectivity index (χ2v) is 7.92. The number of carbonyl (C=O) groups is 1. The number of hydrogen-bond acceptors (Lipinski definition) is 4. The van der Waals surface area contributed by atoms with Gasteiger partial charge in [-0.15, -0.1) is 0 Å². The van der Waals surface area contributed by atoms with E-state index in [0.29, 0.717) is 12.4 Å². The summed E-state index contributed by atoms with van der Waals surface area (Å²) in [5.41, 5.74) is 4.47. The van der Waals surface area contributed by atoms with Crippen LogP contribution in [0.2, 0.25) is 0 Å². The molecule has 0 aliphatic carbocycles. The van der Waals surface area contributed by atoms with Crippen molar-refractivity contribution in [1.82, 2.24) is 9.97 Å². The molecule has 2 aromatic heterocycles. The highest BCUT2D eigenvalue weighted by Crippen LogP contribution is 2.36. The van der Waals surface area contributed by atoms with E-state index >= 15 is 0 Å². The van der Waals surface area contributed by atoms with Gasteiger partial charge in [-0.2, -0.15) is 0 Å². The molecular weight excluding hydrogens is 388 g/mol. The maximum Gasteiger partial charge on any atom is 0.349 e. The Kier molecular flexibility index (Phi) is 5.76. The first-order valence-corrected chi connectivity index (χ1v) is 10.4. The number of rotatable bonds is 7. The van der Waals surface area contributed by atoms with Crippen LogP contribution in [0.3, 0.4) is 0 Å². The van der Waals surface area contributed by atoms with E-state index in [2.05, 4.69) is 22.1 Å². The quantitative estimate of drug-likeness (QED) is 0.403. The zero-order valence-electron chi connectivity index (χ0n) is 18.0. The number of ether oxygens (including phenoxy) is 2. The number of esters is 1. The van der Waals surface area contributed by atoms with E-state index in [1.165, 1.54) is 5.56 Å². The largest absolute Gasteiger partial charge is 0.476 e. The van der Waals surface area contributed by atoms with E-state index in [1.54, 1.807) is 33.2 Å². The summed E-state index contributed by atoms with van der Waals surface area (Å²) in [7, 11) is 0. The highest BCUT2D eigenvalue weighted by Gasteiger charge is 2.31. The molecule has 0 saturated carbocycles. The van der Waals surface area contributed by atoms with Crippen molar-refractivity contribution in [3.8, 4) is 16.9 Å². The molecule has 5 heteroatoms. The molecule has 0 radical (unpaired) electrons. The van der Waals surface area contributed by atoms with E-state index in [1.807, 2.05) is 48.5 Å². The van der Waals surface area contributed by atoms with E-state index in [0.717, 1.165) is 34.1 Å². The average molecular weight is 415 g/mol. The molecule has 158 valence electrons.